The van der Waals surface area contributed by atoms with Gasteiger partial charge >= 0.3 is 12.2 Å². The van der Waals surface area contributed by atoms with Crippen molar-refractivity contribution in [2.75, 3.05) is 10.6 Å². The molecule has 1 aromatic heterocycles. The normalized spacial score (nSPS) is 11.7. The Bertz CT molecular complexity index is 1440. The van der Waals surface area contributed by atoms with E-state index in [1.54, 1.807) is 36.4 Å². The minimum Gasteiger partial charge on any atom is -0.308 e. The molecular weight excluding hydrogens is 497 g/mol. The summed E-state index contributed by atoms with van der Waals surface area (Å²) >= 11 is 1.40. The first-order chi connectivity index (χ1) is 16.6. The van der Waals surface area contributed by atoms with Crippen LogP contribution in [0.5, 0.6) is 0 Å². The van der Waals surface area contributed by atoms with E-state index in [9.17, 15) is 26.4 Å². The summed E-state index contributed by atoms with van der Waals surface area (Å²) in [7, 11) is -3.73. The van der Waals surface area contributed by atoms with Crippen molar-refractivity contribution in [3.8, 4) is 10.4 Å². The minimum atomic E-state index is -4.55. The fourth-order valence-electron chi connectivity index (χ4n) is 3.40. The van der Waals surface area contributed by atoms with E-state index in [2.05, 4.69) is 10.6 Å². The molecule has 180 valence electrons. The molecule has 4 rings (SSSR count). The van der Waals surface area contributed by atoms with Crippen LogP contribution in [0, 0.1) is 0 Å². The predicted octanol–water partition coefficient (Wildman–Crippen LogP) is 7.05. The van der Waals surface area contributed by atoms with Gasteiger partial charge in [0.15, 0.2) is 9.84 Å². The molecule has 0 unspecified atom stereocenters. The topological polar surface area (TPSA) is 75.3 Å². The van der Waals surface area contributed by atoms with Crippen molar-refractivity contribution in [3.05, 3.63) is 101 Å². The van der Waals surface area contributed by atoms with Gasteiger partial charge in [-0.1, -0.05) is 48.5 Å². The molecular formula is C25H19F3N2O3S2. The number of nitrogens with one attached hydrogen (secondary N) is 2. The molecule has 0 saturated carbocycles. The third-order valence-electron chi connectivity index (χ3n) is 5.03. The van der Waals surface area contributed by atoms with Gasteiger partial charge < -0.3 is 10.6 Å². The highest BCUT2D eigenvalue weighted by Gasteiger charge is 2.30. The van der Waals surface area contributed by atoms with Crippen LogP contribution in [0.4, 0.5) is 29.3 Å². The Morgan fingerprint density at radius 2 is 1.63 bits per heavy atom. The molecule has 35 heavy (non-hydrogen) atoms. The number of anilines is 2. The third kappa shape index (κ3) is 6.09. The lowest BCUT2D eigenvalue weighted by Crippen LogP contribution is -2.20. The van der Waals surface area contributed by atoms with Crippen LogP contribution < -0.4 is 10.6 Å². The van der Waals surface area contributed by atoms with Crippen molar-refractivity contribution in [2.24, 2.45) is 0 Å². The molecule has 0 radical (unpaired) electrons. The molecule has 2 amide bonds. The molecule has 10 heteroatoms. The first-order valence-electron chi connectivity index (χ1n) is 10.3. The number of carbonyl (C=O) groups is 1. The molecule has 5 nitrogen and oxygen atoms in total. The summed E-state index contributed by atoms with van der Waals surface area (Å²) in [6.45, 7) is 0. The van der Waals surface area contributed by atoms with Crippen molar-refractivity contribution in [2.45, 2.75) is 16.8 Å². The van der Waals surface area contributed by atoms with Gasteiger partial charge in [-0.05, 0) is 47.3 Å². The van der Waals surface area contributed by atoms with Crippen molar-refractivity contribution < 1.29 is 26.4 Å². The zero-order valence-corrected chi connectivity index (χ0v) is 19.7. The highest BCUT2D eigenvalue weighted by Crippen LogP contribution is 2.35. The van der Waals surface area contributed by atoms with Crippen LogP contribution >= 0.6 is 11.3 Å². The second-order valence-corrected chi connectivity index (χ2v) is 10.5. The number of amides is 2. The summed E-state index contributed by atoms with van der Waals surface area (Å²) in [5, 5.41) is 6.81. The van der Waals surface area contributed by atoms with Crippen LogP contribution in [0.1, 0.15) is 11.1 Å². The average Bonchev–Trinajstić information content (AvgIpc) is 3.34. The number of sulfone groups is 1. The summed E-state index contributed by atoms with van der Waals surface area (Å²) in [5.74, 6) is -0.220. The Hall–Kier alpha value is -3.63. The standard InChI is InChI=1S/C25H19F3N2O3S2/c26-25(27,28)18-8-4-9-19(14-18)29-24(31)30-22-15-20(11-12-21(22)23-10-5-13-34-23)35(32,33)16-17-6-2-1-3-7-17/h1-15H,16H2,(H2,29,30,31). The number of rotatable bonds is 6. The molecule has 2 N–H and O–H groups in total. The molecule has 0 atom stereocenters. The molecule has 0 spiro atoms. The molecule has 0 fully saturated rings. The Morgan fingerprint density at radius 3 is 2.31 bits per heavy atom. The number of hydrogen-bond donors (Lipinski definition) is 2. The van der Waals surface area contributed by atoms with E-state index in [0.29, 0.717) is 11.1 Å². The van der Waals surface area contributed by atoms with Crippen molar-refractivity contribution >= 4 is 38.6 Å². The number of carbonyl (C=O) groups excluding carboxylic acids is 1. The molecule has 0 aliphatic rings. The lowest BCUT2D eigenvalue weighted by molar-refractivity contribution is -0.137. The van der Waals surface area contributed by atoms with Gasteiger partial charge in [0.05, 0.1) is 21.9 Å². The van der Waals surface area contributed by atoms with E-state index in [-0.39, 0.29) is 22.0 Å². The molecule has 0 aliphatic heterocycles. The number of alkyl halides is 3. The summed E-state index contributed by atoms with van der Waals surface area (Å²) in [4.78, 5) is 13.5. The van der Waals surface area contributed by atoms with E-state index < -0.39 is 27.6 Å². The monoisotopic (exact) mass is 516 g/mol. The van der Waals surface area contributed by atoms with Crippen LogP contribution in [0.2, 0.25) is 0 Å². The lowest BCUT2D eigenvalue weighted by atomic mass is 10.1. The minimum absolute atomic E-state index is 0.0102. The summed E-state index contributed by atoms with van der Waals surface area (Å²) < 4.78 is 65.0. The molecule has 0 aliphatic carbocycles. The van der Waals surface area contributed by atoms with Crippen LogP contribution in [0.25, 0.3) is 10.4 Å². The fraction of sp³-hybridized carbons (Fsp3) is 0.0800. The number of thiophene rings is 1. The number of benzene rings is 3. The van der Waals surface area contributed by atoms with Crippen LogP contribution in [-0.4, -0.2) is 14.4 Å². The van der Waals surface area contributed by atoms with Gasteiger partial charge in [-0.3, -0.25) is 0 Å². The van der Waals surface area contributed by atoms with Gasteiger partial charge in [0.25, 0.3) is 0 Å². The Kier molecular flexibility index (Phi) is 6.95. The van der Waals surface area contributed by atoms with E-state index in [1.807, 2.05) is 17.5 Å². The van der Waals surface area contributed by atoms with Crippen LogP contribution in [-0.2, 0) is 21.8 Å². The van der Waals surface area contributed by atoms with Gasteiger partial charge in [0.2, 0.25) is 0 Å². The van der Waals surface area contributed by atoms with Gasteiger partial charge in [-0.2, -0.15) is 13.2 Å². The maximum absolute atomic E-state index is 13.0. The quantitative estimate of drug-likeness (QED) is 0.288. The second kappa shape index (κ2) is 9.93. The smallest absolute Gasteiger partial charge is 0.308 e. The van der Waals surface area contributed by atoms with Crippen LogP contribution in [0.15, 0.2) is 95.2 Å². The molecule has 1 heterocycles. The van der Waals surface area contributed by atoms with Crippen molar-refractivity contribution in [3.63, 3.8) is 0 Å². The maximum atomic E-state index is 13.0. The number of hydrogen-bond acceptors (Lipinski definition) is 4. The second-order valence-electron chi connectivity index (χ2n) is 7.59. The van der Waals surface area contributed by atoms with Gasteiger partial charge in [-0.25, -0.2) is 13.2 Å². The fourth-order valence-corrected chi connectivity index (χ4v) is 5.54. The third-order valence-corrected chi connectivity index (χ3v) is 7.62. The van der Waals surface area contributed by atoms with Gasteiger partial charge in [-0.15, -0.1) is 11.3 Å². The van der Waals surface area contributed by atoms with Crippen molar-refractivity contribution in [1.29, 1.82) is 0 Å². The van der Waals surface area contributed by atoms with Crippen molar-refractivity contribution in [1.82, 2.24) is 0 Å². The first kappa shape index (κ1) is 24.5. The molecule has 4 aromatic rings. The van der Waals surface area contributed by atoms with E-state index in [0.717, 1.165) is 17.0 Å². The van der Waals surface area contributed by atoms with Gasteiger partial charge in [0.1, 0.15) is 0 Å². The van der Waals surface area contributed by atoms with E-state index >= 15 is 0 Å². The molecule has 3 aromatic carbocycles. The van der Waals surface area contributed by atoms with Crippen LogP contribution in [0.3, 0.4) is 0 Å². The lowest BCUT2D eigenvalue weighted by Gasteiger charge is -2.14. The zero-order chi connectivity index (χ0) is 25.1. The van der Waals surface area contributed by atoms with Gasteiger partial charge in [0, 0.05) is 16.1 Å². The van der Waals surface area contributed by atoms with E-state index in [4.69, 9.17) is 0 Å². The Morgan fingerprint density at radius 1 is 0.857 bits per heavy atom. The molecule has 0 bridgehead atoms. The SMILES string of the molecule is O=C(Nc1cccc(C(F)(F)F)c1)Nc1cc(S(=O)(=O)Cc2ccccc2)ccc1-c1cccs1. The summed E-state index contributed by atoms with van der Waals surface area (Å²) in [6, 6.07) is 20.2. The Labute approximate surface area is 204 Å². The molecule has 0 saturated heterocycles. The number of urea groups is 1. The number of halogens is 3. The summed E-state index contributed by atoms with van der Waals surface area (Å²) in [5.41, 5.74) is 0.460. The predicted molar refractivity (Wildman–Crippen MR) is 131 cm³/mol. The largest absolute Gasteiger partial charge is 0.416 e. The zero-order valence-electron chi connectivity index (χ0n) is 18.0. The van der Waals surface area contributed by atoms with E-state index in [1.165, 1.54) is 35.6 Å². The highest BCUT2D eigenvalue weighted by molar-refractivity contribution is 7.90. The Balaban J connectivity index is 1.63. The first-order valence-corrected chi connectivity index (χ1v) is 12.8. The highest BCUT2D eigenvalue weighted by atomic mass is 32.2. The maximum Gasteiger partial charge on any atom is 0.416 e. The average molecular weight is 517 g/mol. The summed E-state index contributed by atoms with van der Waals surface area (Å²) in [6.07, 6.45) is -4.55.